The molecule has 2 aromatic carbocycles. The number of imidazole rings is 1. The highest BCUT2D eigenvalue weighted by Gasteiger charge is 2.10. The molecule has 4 aromatic rings. The van der Waals surface area contributed by atoms with E-state index in [0.29, 0.717) is 18.8 Å². The first-order valence-electron chi connectivity index (χ1n) is 8.00. The zero-order valence-corrected chi connectivity index (χ0v) is 13.4. The molecular weight excluding hydrogens is 300 g/mol. The number of rotatable bonds is 4. The minimum absolute atomic E-state index is 0.0896. The molecule has 0 radical (unpaired) electrons. The van der Waals surface area contributed by atoms with Gasteiger partial charge in [0.15, 0.2) is 0 Å². The van der Waals surface area contributed by atoms with E-state index in [1.807, 2.05) is 55.5 Å². The molecule has 0 fully saturated rings. The van der Waals surface area contributed by atoms with E-state index in [0.717, 1.165) is 27.8 Å². The normalized spacial score (nSPS) is 11.2. The molecule has 0 unspecified atom stereocenters. The number of aryl methyl sites for hydroxylation is 1. The predicted octanol–water partition coefficient (Wildman–Crippen LogP) is 3.26. The Morgan fingerprint density at radius 3 is 2.83 bits per heavy atom. The minimum Gasteiger partial charge on any atom is -0.351 e. The summed E-state index contributed by atoms with van der Waals surface area (Å²) in [5.74, 6) is 0.865. The van der Waals surface area contributed by atoms with Crippen molar-refractivity contribution in [1.29, 1.82) is 0 Å². The van der Waals surface area contributed by atoms with Crippen molar-refractivity contribution in [3.8, 4) is 0 Å². The second-order valence-electron chi connectivity index (χ2n) is 5.83. The first kappa shape index (κ1) is 14.5. The Bertz CT molecular complexity index is 995. The SMILES string of the molecule is Cc1nc2ccccc2n1CCNC(=O)c1cc2ccccc2[nH]1. The number of nitrogens with one attached hydrogen (secondary N) is 2. The molecule has 2 aromatic heterocycles. The lowest BCUT2D eigenvalue weighted by Gasteiger charge is -2.08. The molecule has 1 amide bonds. The molecule has 5 heteroatoms. The largest absolute Gasteiger partial charge is 0.351 e. The number of H-pyrrole nitrogens is 1. The van der Waals surface area contributed by atoms with E-state index in [1.165, 1.54) is 0 Å². The van der Waals surface area contributed by atoms with Crippen LogP contribution < -0.4 is 5.32 Å². The van der Waals surface area contributed by atoms with Crippen LogP contribution in [0.5, 0.6) is 0 Å². The van der Waals surface area contributed by atoms with Crippen LogP contribution in [-0.4, -0.2) is 27.0 Å². The summed E-state index contributed by atoms with van der Waals surface area (Å²) >= 11 is 0. The summed E-state index contributed by atoms with van der Waals surface area (Å²) in [6.07, 6.45) is 0. The van der Waals surface area contributed by atoms with Gasteiger partial charge in [0, 0.05) is 24.0 Å². The van der Waals surface area contributed by atoms with Gasteiger partial charge in [-0.15, -0.1) is 0 Å². The predicted molar refractivity (Wildman–Crippen MR) is 95.1 cm³/mol. The van der Waals surface area contributed by atoms with Gasteiger partial charge >= 0.3 is 0 Å². The standard InChI is InChI=1S/C19H18N4O/c1-13-21-16-8-4-5-9-18(16)23(13)11-10-20-19(24)17-12-14-6-2-3-7-15(14)22-17/h2-9,12,22H,10-11H2,1H3,(H,20,24). The van der Waals surface area contributed by atoms with Crippen molar-refractivity contribution in [2.75, 3.05) is 6.54 Å². The first-order valence-corrected chi connectivity index (χ1v) is 8.00. The van der Waals surface area contributed by atoms with Gasteiger partial charge < -0.3 is 14.9 Å². The Kier molecular flexibility index (Phi) is 3.54. The molecule has 0 saturated carbocycles. The number of benzene rings is 2. The van der Waals surface area contributed by atoms with Gasteiger partial charge in [0.05, 0.1) is 11.0 Å². The van der Waals surface area contributed by atoms with Gasteiger partial charge in [-0.05, 0) is 31.2 Å². The number of hydrogen-bond donors (Lipinski definition) is 2. The zero-order valence-electron chi connectivity index (χ0n) is 13.4. The van der Waals surface area contributed by atoms with Crippen LogP contribution in [-0.2, 0) is 6.54 Å². The number of fused-ring (bicyclic) bond motifs is 2. The van der Waals surface area contributed by atoms with Gasteiger partial charge in [0.2, 0.25) is 0 Å². The number of para-hydroxylation sites is 3. The third-order valence-electron chi connectivity index (χ3n) is 4.24. The highest BCUT2D eigenvalue weighted by Crippen LogP contribution is 2.16. The summed E-state index contributed by atoms with van der Waals surface area (Å²) < 4.78 is 2.13. The Morgan fingerprint density at radius 2 is 1.96 bits per heavy atom. The van der Waals surface area contributed by atoms with Crippen molar-refractivity contribution >= 4 is 27.8 Å². The fraction of sp³-hybridized carbons (Fsp3) is 0.158. The molecule has 0 bridgehead atoms. The van der Waals surface area contributed by atoms with Crippen molar-refractivity contribution in [3.63, 3.8) is 0 Å². The fourth-order valence-electron chi connectivity index (χ4n) is 3.05. The summed E-state index contributed by atoms with van der Waals surface area (Å²) in [6.45, 7) is 3.23. The van der Waals surface area contributed by atoms with Gasteiger partial charge in [-0.1, -0.05) is 30.3 Å². The molecule has 0 spiro atoms. The Hall–Kier alpha value is -3.08. The Morgan fingerprint density at radius 1 is 1.17 bits per heavy atom. The number of hydrogen-bond acceptors (Lipinski definition) is 2. The maximum Gasteiger partial charge on any atom is 0.267 e. The van der Waals surface area contributed by atoms with Crippen LogP contribution in [0.15, 0.2) is 54.6 Å². The second kappa shape index (κ2) is 5.85. The Labute approximate surface area is 139 Å². The number of nitrogens with zero attached hydrogens (tertiary/aromatic N) is 2. The van der Waals surface area contributed by atoms with E-state index in [4.69, 9.17) is 0 Å². The molecular formula is C19H18N4O. The molecule has 0 atom stereocenters. The van der Waals surface area contributed by atoms with Gasteiger partial charge in [0.1, 0.15) is 11.5 Å². The second-order valence-corrected chi connectivity index (χ2v) is 5.83. The molecule has 4 rings (SSSR count). The summed E-state index contributed by atoms with van der Waals surface area (Å²) in [4.78, 5) is 20.0. The van der Waals surface area contributed by atoms with Crippen LogP contribution in [0, 0.1) is 6.92 Å². The number of carbonyl (C=O) groups excluding carboxylic acids is 1. The molecule has 2 heterocycles. The van der Waals surface area contributed by atoms with Crippen LogP contribution in [0.4, 0.5) is 0 Å². The topological polar surface area (TPSA) is 62.7 Å². The van der Waals surface area contributed by atoms with Crippen LogP contribution in [0.25, 0.3) is 21.9 Å². The van der Waals surface area contributed by atoms with Crippen molar-refractivity contribution in [2.24, 2.45) is 0 Å². The molecule has 0 aliphatic heterocycles. The lowest BCUT2D eigenvalue weighted by atomic mass is 10.2. The maximum atomic E-state index is 12.3. The average Bonchev–Trinajstić information content (AvgIpc) is 3.16. The summed E-state index contributed by atoms with van der Waals surface area (Å²) in [5, 5.41) is 4.01. The van der Waals surface area contributed by atoms with Gasteiger partial charge in [-0.3, -0.25) is 4.79 Å². The molecule has 5 nitrogen and oxygen atoms in total. The zero-order chi connectivity index (χ0) is 16.5. The maximum absolute atomic E-state index is 12.3. The molecule has 120 valence electrons. The van der Waals surface area contributed by atoms with E-state index in [1.54, 1.807) is 0 Å². The lowest BCUT2D eigenvalue weighted by Crippen LogP contribution is -2.27. The summed E-state index contributed by atoms with van der Waals surface area (Å²) in [6, 6.07) is 17.8. The van der Waals surface area contributed by atoms with Crippen LogP contribution in [0.3, 0.4) is 0 Å². The van der Waals surface area contributed by atoms with Gasteiger partial charge in [0.25, 0.3) is 5.91 Å². The van der Waals surface area contributed by atoms with Gasteiger partial charge in [-0.2, -0.15) is 0 Å². The van der Waals surface area contributed by atoms with Crippen LogP contribution >= 0.6 is 0 Å². The van der Waals surface area contributed by atoms with Crippen molar-refractivity contribution < 1.29 is 4.79 Å². The van der Waals surface area contributed by atoms with Crippen molar-refractivity contribution in [2.45, 2.75) is 13.5 Å². The number of aromatic amines is 1. The third-order valence-corrected chi connectivity index (χ3v) is 4.24. The highest BCUT2D eigenvalue weighted by molar-refractivity contribution is 5.97. The lowest BCUT2D eigenvalue weighted by molar-refractivity contribution is 0.0948. The van der Waals surface area contributed by atoms with E-state index in [9.17, 15) is 4.79 Å². The van der Waals surface area contributed by atoms with Crippen LogP contribution in [0.1, 0.15) is 16.3 Å². The monoisotopic (exact) mass is 318 g/mol. The van der Waals surface area contributed by atoms with Crippen LogP contribution in [0.2, 0.25) is 0 Å². The van der Waals surface area contributed by atoms with E-state index in [-0.39, 0.29) is 5.91 Å². The quantitative estimate of drug-likeness (QED) is 0.607. The number of amides is 1. The molecule has 24 heavy (non-hydrogen) atoms. The fourth-order valence-corrected chi connectivity index (χ4v) is 3.05. The van der Waals surface area contributed by atoms with E-state index >= 15 is 0 Å². The molecule has 2 N–H and O–H groups in total. The average molecular weight is 318 g/mol. The third kappa shape index (κ3) is 2.54. The first-order chi connectivity index (χ1) is 11.7. The molecule has 0 saturated heterocycles. The smallest absolute Gasteiger partial charge is 0.267 e. The molecule has 0 aliphatic carbocycles. The number of carbonyl (C=O) groups is 1. The summed E-state index contributed by atoms with van der Waals surface area (Å²) in [5.41, 5.74) is 3.63. The van der Waals surface area contributed by atoms with E-state index < -0.39 is 0 Å². The molecule has 0 aliphatic rings. The minimum atomic E-state index is -0.0896. The van der Waals surface area contributed by atoms with E-state index in [2.05, 4.69) is 25.9 Å². The number of aromatic nitrogens is 3. The Balaban J connectivity index is 1.46. The van der Waals surface area contributed by atoms with Crippen molar-refractivity contribution in [1.82, 2.24) is 19.9 Å². The van der Waals surface area contributed by atoms with Crippen molar-refractivity contribution in [3.05, 3.63) is 66.1 Å². The highest BCUT2D eigenvalue weighted by atomic mass is 16.1. The van der Waals surface area contributed by atoms with Gasteiger partial charge in [-0.25, -0.2) is 4.98 Å². The summed E-state index contributed by atoms with van der Waals surface area (Å²) in [7, 11) is 0.